The molecule has 2 aromatic carbocycles. The normalized spacial score (nSPS) is 15.4. The predicted octanol–water partition coefficient (Wildman–Crippen LogP) is 3.28. The van der Waals surface area contributed by atoms with Gasteiger partial charge in [0.05, 0.1) is 0 Å². The van der Waals surface area contributed by atoms with Crippen molar-refractivity contribution in [2.45, 2.75) is 44.8 Å². The number of para-hydroxylation sites is 1. The second kappa shape index (κ2) is 8.04. The van der Waals surface area contributed by atoms with Crippen LogP contribution in [-0.4, -0.2) is 24.0 Å². The average molecular weight is 352 g/mol. The highest BCUT2D eigenvalue weighted by Crippen LogP contribution is 2.31. The highest BCUT2D eigenvalue weighted by Gasteiger charge is 2.19. The lowest BCUT2D eigenvalue weighted by molar-refractivity contribution is -0.123. The molecule has 0 bridgehead atoms. The van der Waals surface area contributed by atoms with E-state index in [9.17, 15) is 9.59 Å². The maximum absolute atomic E-state index is 12.5. The second-order valence-electron chi connectivity index (χ2n) is 6.69. The Kier molecular flexibility index (Phi) is 5.56. The van der Waals surface area contributed by atoms with Gasteiger partial charge in [0.2, 0.25) is 0 Å². The van der Waals surface area contributed by atoms with Gasteiger partial charge in [-0.05, 0) is 43.5 Å². The molecule has 0 heterocycles. The highest BCUT2D eigenvalue weighted by molar-refractivity contribution is 5.96. The van der Waals surface area contributed by atoms with Crippen LogP contribution in [0, 0.1) is 0 Å². The monoisotopic (exact) mass is 352 g/mol. The molecule has 136 valence electrons. The quantitative estimate of drug-likeness (QED) is 0.837. The summed E-state index contributed by atoms with van der Waals surface area (Å²) >= 11 is 0. The molecule has 0 radical (unpaired) electrons. The Morgan fingerprint density at radius 2 is 1.85 bits per heavy atom. The smallest absolute Gasteiger partial charge is 0.258 e. The zero-order chi connectivity index (χ0) is 18.5. The van der Waals surface area contributed by atoms with Gasteiger partial charge >= 0.3 is 0 Å². The van der Waals surface area contributed by atoms with Crippen molar-refractivity contribution in [1.82, 2.24) is 5.32 Å². The van der Waals surface area contributed by atoms with Crippen molar-refractivity contribution in [3.8, 4) is 16.9 Å². The molecule has 0 aliphatic heterocycles. The van der Waals surface area contributed by atoms with Crippen molar-refractivity contribution in [3.63, 3.8) is 0 Å². The predicted molar refractivity (Wildman–Crippen MR) is 101 cm³/mol. The van der Waals surface area contributed by atoms with E-state index in [2.05, 4.69) is 5.32 Å². The van der Waals surface area contributed by atoms with Crippen molar-refractivity contribution in [1.29, 1.82) is 0 Å². The van der Waals surface area contributed by atoms with E-state index in [1.165, 1.54) is 12.8 Å². The SMILES string of the molecule is C[C@H](Oc1ccccc1-c1cccc(C(=O)NC2CCCC2)c1)C(N)=O. The number of ether oxygens (including phenoxy) is 1. The minimum absolute atomic E-state index is 0.0531. The fraction of sp³-hybridized carbons (Fsp3) is 0.333. The number of benzene rings is 2. The van der Waals surface area contributed by atoms with Gasteiger partial charge in [0.1, 0.15) is 5.75 Å². The van der Waals surface area contributed by atoms with E-state index in [4.69, 9.17) is 10.5 Å². The lowest BCUT2D eigenvalue weighted by atomic mass is 10.0. The first-order chi connectivity index (χ1) is 12.5. The van der Waals surface area contributed by atoms with Gasteiger partial charge < -0.3 is 15.8 Å². The molecule has 1 fully saturated rings. The Labute approximate surface area is 153 Å². The molecule has 1 atom stereocenters. The zero-order valence-corrected chi connectivity index (χ0v) is 14.9. The molecule has 0 saturated heterocycles. The fourth-order valence-corrected chi connectivity index (χ4v) is 3.22. The third-order valence-corrected chi connectivity index (χ3v) is 4.72. The van der Waals surface area contributed by atoms with Crippen molar-refractivity contribution in [2.75, 3.05) is 0 Å². The number of nitrogens with one attached hydrogen (secondary N) is 1. The molecular formula is C21H24N2O3. The molecule has 5 heteroatoms. The van der Waals surface area contributed by atoms with Gasteiger partial charge in [-0.25, -0.2) is 0 Å². The van der Waals surface area contributed by atoms with Gasteiger partial charge in [-0.1, -0.05) is 43.2 Å². The minimum Gasteiger partial charge on any atom is -0.480 e. The Hall–Kier alpha value is -2.82. The summed E-state index contributed by atoms with van der Waals surface area (Å²) in [6.45, 7) is 1.62. The molecule has 1 aliphatic rings. The molecule has 0 spiro atoms. The van der Waals surface area contributed by atoms with Gasteiger partial charge in [0.25, 0.3) is 11.8 Å². The number of carbonyl (C=O) groups is 2. The summed E-state index contributed by atoms with van der Waals surface area (Å²) in [7, 11) is 0. The van der Waals surface area contributed by atoms with Crippen LogP contribution in [0.15, 0.2) is 48.5 Å². The van der Waals surface area contributed by atoms with E-state index >= 15 is 0 Å². The molecule has 5 nitrogen and oxygen atoms in total. The number of hydrogen-bond donors (Lipinski definition) is 2. The second-order valence-corrected chi connectivity index (χ2v) is 6.69. The van der Waals surface area contributed by atoms with Crippen molar-refractivity contribution in [3.05, 3.63) is 54.1 Å². The van der Waals surface area contributed by atoms with E-state index in [-0.39, 0.29) is 11.9 Å². The summed E-state index contributed by atoms with van der Waals surface area (Å²) in [4.78, 5) is 23.8. The summed E-state index contributed by atoms with van der Waals surface area (Å²) in [5, 5.41) is 3.10. The summed E-state index contributed by atoms with van der Waals surface area (Å²) in [5.74, 6) is -0.0145. The number of rotatable bonds is 6. The molecule has 3 N–H and O–H groups in total. The lowest BCUT2D eigenvalue weighted by Gasteiger charge is -2.16. The number of hydrogen-bond acceptors (Lipinski definition) is 3. The van der Waals surface area contributed by atoms with Crippen molar-refractivity contribution >= 4 is 11.8 Å². The summed E-state index contributed by atoms with van der Waals surface area (Å²) < 4.78 is 5.69. The van der Waals surface area contributed by atoms with Crippen LogP contribution in [-0.2, 0) is 4.79 Å². The molecule has 1 saturated carbocycles. The maximum atomic E-state index is 12.5. The molecular weight excluding hydrogens is 328 g/mol. The Morgan fingerprint density at radius 1 is 1.12 bits per heavy atom. The summed E-state index contributed by atoms with van der Waals surface area (Å²) in [6, 6.07) is 15.1. The molecule has 2 aromatic rings. The largest absolute Gasteiger partial charge is 0.480 e. The lowest BCUT2D eigenvalue weighted by Crippen LogP contribution is -2.32. The maximum Gasteiger partial charge on any atom is 0.258 e. The van der Waals surface area contributed by atoms with Crippen LogP contribution in [0.3, 0.4) is 0 Å². The Balaban J connectivity index is 1.83. The average Bonchev–Trinajstić information content (AvgIpc) is 3.15. The number of nitrogens with two attached hydrogens (primary N) is 1. The Bertz CT molecular complexity index is 797. The first-order valence-corrected chi connectivity index (χ1v) is 9.01. The third kappa shape index (κ3) is 4.23. The first kappa shape index (κ1) is 18.0. The van der Waals surface area contributed by atoms with Crippen LogP contribution in [0.4, 0.5) is 0 Å². The van der Waals surface area contributed by atoms with Crippen LogP contribution < -0.4 is 15.8 Å². The van der Waals surface area contributed by atoms with Crippen LogP contribution in [0.25, 0.3) is 11.1 Å². The van der Waals surface area contributed by atoms with Gasteiger partial charge in [-0.15, -0.1) is 0 Å². The van der Waals surface area contributed by atoms with E-state index in [0.717, 1.165) is 24.0 Å². The van der Waals surface area contributed by atoms with Gasteiger partial charge in [-0.3, -0.25) is 9.59 Å². The minimum atomic E-state index is -0.731. The number of primary amides is 1. The molecule has 2 amide bonds. The molecule has 0 aromatic heterocycles. The number of carbonyl (C=O) groups excluding carboxylic acids is 2. The van der Waals surface area contributed by atoms with Crippen LogP contribution in [0.1, 0.15) is 43.0 Å². The highest BCUT2D eigenvalue weighted by atomic mass is 16.5. The van der Waals surface area contributed by atoms with Crippen LogP contribution in [0.2, 0.25) is 0 Å². The number of amides is 2. The van der Waals surface area contributed by atoms with Crippen LogP contribution >= 0.6 is 0 Å². The van der Waals surface area contributed by atoms with E-state index in [1.54, 1.807) is 13.0 Å². The van der Waals surface area contributed by atoms with Gasteiger partial charge in [-0.2, -0.15) is 0 Å². The van der Waals surface area contributed by atoms with Crippen molar-refractivity contribution < 1.29 is 14.3 Å². The van der Waals surface area contributed by atoms with Gasteiger partial charge in [0.15, 0.2) is 6.10 Å². The van der Waals surface area contributed by atoms with Gasteiger partial charge in [0, 0.05) is 17.2 Å². The summed E-state index contributed by atoms with van der Waals surface area (Å²) in [6.07, 6.45) is 3.71. The fourth-order valence-electron chi connectivity index (χ4n) is 3.22. The van der Waals surface area contributed by atoms with Crippen molar-refractivity contribution in [2.24, 2.45) is 5.73 Å². The molecule has 26 heavy (non-hydrogen) atoms. The summed E-state index contributed by atoms with van der Waals surface area (Å²) in [5.41, 5.74) is 7.59. The zero-order valence-electron chi connectivity index (χ0n) is 14.9. The molecule has 3 rings (SSSR count). The van der Waals surface area contributed by atoms with E-state index < -0.39 is 12.0 Å². The molecule has 0 unspecified atom stereocenters. The third-order valence-electron chi connectivity index (χ3n) is 4.72. The van der Waals surface area contributed by atoms with E-state index in [1.807, 2.05) is 42.5 Å². The topological polar surface area (TPSA) is 81.4 Å². The van der Waals surface area contributed by atoms with E-state index in [0.29, 0.717) is 11.3 Å². The standard InChI is InChI=1S/C21H24N2O3/c1-14(20(22)24)26-19-12-5-4-11-18(19)15-7-6-8-16(13-15)21(25)23-17-9-2-3-10-17/h4-8,11-14,17H,2-3,9-10H2,1H3,(H2,22,24)(H,23,25)/t14-/m0/s1. The Morgan fingerprint density at radius 3 is 2.58 bits per heavy atom. The van der Waals surface area contributed by atoms with Crippen LogP contribution in [0.5, 0.6) is 5.75 Å². The molecule has 1 aliphatic carbocycles. The first-order valence-electron chi connectivity index (χ1n) is 9.01.